The molecule has 0 aliphatic heterocycles. The molecule has 0 saturated carbocycles. The average molecular weight is 506 g/mol. The number of phenolic OH excluding ortho intramolecular Hbond substituents is 1. The summed E-state index contributed by atoms with van der Waals surface area (Å²) in [5, 5.41) is 13.1. The van der Waals surface area contributed by atoms with E-state index in [1.54, 1.807) is 24.3 Å². The Hall–Kier alpha value is -3.38. The molecule has 0 aromatic heterocycles. The van der Waals surface area contributed by atoms with Crippen LogP contribution in [0.4, 0.5) is 0 Å². The van der Waals surface area contributed by atoms with E-state index in [-0.39, 0.29) is 29.7 Å². The highest BCUT2D eigenvalue weighted by Gasteiger charge is 2.18. The minimum Gasteiger partial charge on any atom is -0.504 e. The highest BCUT2D eigenvalue weighted by molar-refractivity contribution is 7.80. The number of esters is 1. The van der Waals surface area contributed by atoms with Crippen LogP contribution in [-0.2, 0) is 23.1 Å². The topological polar surface area (TPSA) is 67.8 Å². The lowest BCUT2D eigenvalue weighted by atomic mass is 9.86. The van der Waals surface area contributed by atoms with Crippen molar-refractivity contribution in [3.8, 4) is 11.5 Å². The lowest BCUT2D eigenvalue weighted by Crippen LogP contribution is -2.27. The van der Waals surface area contributed by atoms with Crippen molar-refractivity contribution < 1.29 is 19.4 Å². The van der Waals surface area contributed by atoms with E-state index in [0.717, 1.165) is 12.0 Å². The molecule has 3 aromatic carbocycles. The number of carbonyl (C=O) groups excluding carboxylic acids is 1. The predicted molar refractivity (Wildman–Crippen MR) is 148 cm³/mol. The average Bonchev–Trinajstić information content (AvgIpc) is 2.87. The van der Waals surface area contributed by atoms with E-state index in [2.05, 4.69) is 50.4 Å². The summed E-state index contributed by atoms with van der Waals surface area (Å²) in [5.41, 5.74) is 4.02. The van der Waals surface area contributed by atoms with Gasteiger partial charge in [-0.25, -0.2) is 4.79 Å². The van der Waals surface area contributed by atoms with Crippen molar-refractivity contribution in [2.24, 2.45) is 5.92 Å². The minimum atomic E-state index is -0.334. The zero-order valence-electron chi connectivity index (χ0n) is 21.4. The molecular weight excluding hydrogens is 470 g/mol. The van der Waals surface area contributed by atoms with Crippen LogP contribution in [0, 0.1) is 5.92 Å². The number of benzene rings is 3. The second-order valence-electron chi connectivity index (χ2n) is 9.97. The standard InChI is InChI=1S/C30H35NO4S/c1-30(2,3)25-13-10-21(11-14-25)16-23(20-35-29(33)24-8-6-5-7-9-24)18-28(36)31-19-22-12-15-26(32)27(17-22)34-4/h5-15,17,23,32H,16,18-20H2,1-4H3,(H,31,36). The molecule has 36 heavy (non-hydrogen) atoms. The first-order chi connectivity index (χ1) is 17.2. The van der Waals surface area contributed by atoms with Gasteiger partial charge in [-0.2, -0.15) is 0 Å². The van der Waals surface area contributed by atoms with Gasteiger partial charge in [0.15, 0.2) is 11.5 Å². The maximum absolute atomic E-state index is 12.5. The van der Waals surface area contributed by atoms with Crippen molar-refractivity contribution in [1.82, 2.24) is 5.32 Å². The normalized spacial score (nSPS) is 12.0. The van der Waals surface area contributed by atoms with Crippen LogP contribution >= 0.6 is 12.2 Å². The number of ether oxygens (including phenoxy) is 2. The molecular formula is C30H35NO4S. The Labute approximate surface area is 219 Å². The van der Waals surface area contributed by atoms with Crippen molar-refractivity contribution in [2.75, 3.05) is 13.7 Å². The summed E-state index contributed by atoms with van der Waals surface area (Å²) < 4.78 is 10.9. The molecule has 0 amide bonds. The summed E-state index contributed by atoms with van der Waals surface area (Å²) in [6.07, 6.45) is 1.31. The number of rotatable bonds is 10. The first kappa shape index (κ1) is 27.2. The van der Waals surface area contributed by atoms with Crippen molar-refractivity contribution in [3.63, 3.8) is 0 Å². The number of nitrogens with one attached hydrogen (secondary N) is 1. The number of phenols is 1. The first-order valence-electron chi connectivity index (χ1n) is 12.1. The summed E-state index contributed by atoms with van der Waals surface area (Å²) in [6.45, 7) is 7.36. The smallest absolute Gasteiger partial charge is 0.338 e. The van der Waals surface area contributed by atoms with Gasteiger partial charge in [-0.1, -0.05) is 81.5 Å². The Balaban J connectivity index is 1.65. The molecule has 0 spiro atoms. The lowest BCUT2D eigenvalue weighted by molar-refractivity contribution is 0.0442. The number of carbonyl (C=O) groups is 1. The molecule has 3 rings (SSSR count). The van der Waals surface area contributed by atoms with E-state index in [9.17, 15) is 9.90 Å². The van der Waals surface area contributed by atoms with E-state index in [4.69, 9.17) is 21.7 Å². The monoisotopic (exact) mass is 505 g/mol. The lowest BCUT2D eigenvalue weighted by Gasteiger charge is -2.21. The maximum atomic E-state index is 12.5. The summed E-state index contributed by atoms with van der Waals surface area (Å²) in [4.78, 5) is 13.2. The van der Waals surface area contributed by atoms with Crippen LogP contribution in [0.5, 0.6) is 11.5 Å². The van der Waals surface area contributed by atoms with Crippen LogP contribution in [-0.4, -0.2) is 29.8 Å². The van der Waals surface area contributed by atoms with E-state index < -0.39 is 0 Å². The highest BCUT2D eigenvalue weighted by Crippen LogP contribution is 2.26. The molecule has 0 radical (unpaired) electrons. The number of hydrogen-bond donors (Lipinski definition) is 2. The van der Waals surface area contributed by atoms with Crippen LogP contribution < -0.4 is 10.1 Å². The van der Waals surface area contributed by atoms with Crippen LogP contribution in [0.2, 0.25) is 0 Å². The Morgan fingerprint density at radius 3 is 2.31 bits per heavy atom. The molecule has 0 fully saturated rings. The van der Waals surface area contributed by atoms with Crippen molar-refractivity contribution in [2.45, 2.75) is 45.6 Å². The largest absolute Gasteiger partial charge is 0.504 e. The van der Waals surface area contributed by atoms with Gasteiger partial charge in [-0.05, 0) is 52.8 Å². The summed E-state index contributed by atoms with van der Waals surface area (Å²) in [5.74, 6) is 0.206. The molecule has 3 aromatic rings. The summed E-state index contributed by atoms with van der Waals surface area (Å²) in [7, 11) is 1.52. The molecule has 2 N–H and O–H groups in total. The molecule has 6 heteroatoms. The Kier molecular flexibility index (Phi) is 9.48. The third kappa shape index (κ3) is 8.09. The molecule has 0 saturated heterocycles. The third-order valence-corrected chi connectivity index (χ3v) is 6.32. The maximum Gasteiger partial charge on any atom is 0.338 e. The van der Waals surface area contributed by atoms with Gasteiger partial charge in [0.2, 0.25) is 0 Å². The SMILES string of the molecule is COc1cc(CNC(=S)CC(COC(=O)c2ccccc2)Cc2ccc(C(C)(C)C)cc2)ccc1O. The molecule has 0 aliphatic carbocycles. The fourth-order valence-electron chi connectivity index (χ4n) is 3.88. The summed E-state index contributed by atoms with van der Waals surface area (Å²) in [6, 6.07) is 22.8. The number of aromatic hydroxyl groups is 1. The zero-order chi connectivity index (χ0) is 26.1. The third-order valence-electron chi connectivity index (χ3n) is 6.01. The Morgan fingerprint density at radius 1 is 1.00 bits per heavy atom. The van der Waals surface area contributed by atoms with Gasteiger partial charge >= 0.3 is 5.97 Å². The van der Waals surface area contributed by atoms with E-state index in [0.29, 0.717) is 29.3 Å². The highest BCUT2D eigenvalue weighted by atomic mass is 32.1. The Bertz CT molecular complexity index is 1150. The van der Waals surface area contributed by atoms with Gasteiger partial charge in [0, 0.05) is 18.9 Å². The zero-order valence-corrected chi connectivity index (χ0v) is 22.2. The molecule has 1 unspecified atom stereocenters. The van der Waals surface area contributed by atoms with Gasteiger partial charge in [-0.3, -0.25) is 0 Å². The second-order valence-corrected chi connectivity index (χ2v) is 10.5. The van der Waals surface area contributed by atoms with Gasteiger partial charge in [-0.15, -0.1) is 0 Å². The van der Waals surface area contributed by atoms with Gasteiger partial charge in [0.05, 0.1) is 24.3 Å². The first-order valence-corrected chi connectivity index (χ1v) is 12.5. The number of thiocarbonyl (C=S) groups is 1. The van der Waals surface area contributed by atoms with Crippen LogP contribution in [0.3, 0.4) is 0 Å². The molecule has 0 bridgehead atoms. The van der Waals surface area contributed by atoms with E-state index in [1.165, 1.54) is 18.2 Å². The molecule has 5 nitrogen and oxygen atoms in total. The molecule has 0 aliphatic rings. The summed E-state index contributed by atoms with van der Waals surface area (Å²) >= 11 is 5.64. The van der Waals surface area contributed by atoms with Gasteiger partial charge in [0.25, 0.3) is 0 Å². The van der Waals surface area contributed by atoms with Crippen molar-refractivity contribution >= 4 is 23.2 Å². The molecule has 1 atom stereocenters. The predicted octanol–water partition coefficient (Wildman–Crippen LogP) is 6.22. The molecule has 0 heterocycles. The van der Waals surface area contributed by atoms with Crippen molar-refractivity contribution in [3.05, 3.63) is 95.1 Å². The van der Waals surface area contributed by atoms with Crippen LogP contribution in [0.1, 0.15) is 54.2 Å². The van der Waals surface area contributed by atoms with Crippen LogP contribution in [0.15, 0.2) is 72.8 Å². The fourth-order valence-corrected chi connectivity index (χ4v) is 4.19. The minimum absolute atomic E-state index is 0.0208. The van der Waals surface area contributed by atoms with Gasteiger partial charge < -0.3 is 19.9 Å². The fraction of sp³-hybridized carbons (Fsp3) is 0.333. The molecule has 190 valence electrons. The Morgan fingerprint density at radius 2 is 1.67 bits per heavy atom. The van der Waals surface area contributed by atoms with Crippen LogP contribution in [0.25, 0.3) is 0 Å². The number of methoxy groups -OCH3 is 1. The van der Waals surface area contributed by atoms with E-state index >= 15 is 0 Å². The quantitative estimate of drug-likeness (QED) is 0.252. The van der Waals surface area contributed by atoms with E-state index in [1.807, 2.05) is 24.3 Å². The van der Waals surface area contributed by atoms with Crippen molar-refractivity contribution in [1.29, 1.82) is 0 Å². The van der Waals surface area contributed by atoms with Gasteiger partial charge in [0.1, 0.15) is 0 Å². The number of hydrogen-bond acceptors (Lipinski definition) is 5. The second kappa shape index (κ2) is 12.5.